The number of likely N-dealkylation sites (tertiary alicyclic amines) is 1. The van der Waals surface area contributed by atoms with Crippen molar-refractivity contribution in [1.29, 1.82) is 0 Å². The van der Waals surface area contributed by atoms with Crippen LogP contribution < -0.4 is 15.4 Å². The van der Waals surface area contributed by atoms with Crippen molar-refractivity contribution in [1.82, 2.24) is 20.6 Å². The Kier molecular flexibility index (Phi) is 11.4. The van der Waals surface area contributed by atoms with Gasteiger partial charge in [0.15, 0.2) is 0 Å². The SMILES string of the molecule is C=C(C)[C@H](NC(=O)[C@H](CCCC)CN(O)C=O)C(=O)N1CCC(NC(=O)c2ccc(OC)cc2)CC1. The number of rotatable bonds is 13. The molecule has 0 aromatic heterocycles. The van der Waals surface area contributed by atoms with Gasteiger partial charge in [0.1, 0.15) is 11.8 Å². The minimum absolute atomic E-state index is 0.0705. The monoisotopic (exact) mass is 502 g/mol. The van der Waals surface area contributed by atoms with Crippen molar-refractivity contribution >= 4 is 24.1 Å². The molecule has 198 valence electrons. The van der Waals surface area contributed by atoms with Crippen LogP contribution in [0.15, 0.2) is 36.4 Å². The van der Waals surface area contributed by atoms with Crippen molar-refractivity contribution in [3.05, 3.63) is 42.0 Å². The van der Waals surface area contributed by atoms with E-state index in [2.05, 4.69) is 17.2 Å². The van der Waals surface area contributed by atoms with Crippen LogP contribution in [-0.2, 0) is 14.4 Å². The second-order valence-electron chi connectivity index (χ2n) is 9.16. The number of amides is 4. The number of ether oxygens (including phenoxy) is 1. The highest BCUT2D eigenvalue weighted by molar-refractivity contribution is 5.94. The van der Waals surface area contributed by atoms with Gasteiger partial charge in [0.05, 0.1) is 19.6 Å². The fourth-order valence-corrected chi connectivity index (χ4v) is 4.12. The highest BCUT2D eigenvalue weighted by atomic mass is 16.5. The van der Waals surface area contributed by atoms with E-state index in [1.807, 2.05) is 6.92 Å². The normalized spacial score (nSPS) is 15.4. The third-order valence-corrected chi connectivity index (χ3v) is 6.33. The number of hydroxylamine groups is 2. The van der Waals surface area contributed by atoms with Gasteiger partial charge in [0.25, 0.3) is 5.91 Å². The first-order chi connectivity index (χ1) is 17.2. The number of hydrogen-bond donors (Lipinski definition) is 3. The Hall–Kier alpha value is -3.40. The van der Waals surface area contributed by atoms with Gasteiger partial charge in [-0.2, -0.15) is 0 Å². The zero-order chi connectivity index (χ0) is 26.7. The van der Waals surface area contributed by atoms with Crippen LogP contribution in [0.25, 0.3) is 0 Å². The fourth-order valence-electron chi connectivity index (χ4n) is 4.12. The number of hydrogen-bond acceptors (Lipinski definition) is 6. The lowest BCUT2D eigenvalue weighted by Crippen LogP contribution is -2.54. The maximum absolute atomic E-state index is 13.2. The van der Waals surface area contributed by atoms with Gasteiger partial charge in [-0.1, -0.05) is 26.3 Å². The van der Waals surface area contributed by atoms with Crippen molar-refractivity contribution < 1.29 is 29.1 Å². The Morgan fingerprint density at radius 3 is 2.42 bits per heavy atom. The average molecular weight is 503 g/mol. The molecule has 3 N–H and O–H groups in total. The molecule has 0 saturated carbocycles. The average Bonchev–Trinajstić information content (AvgIpc) is 2.89. The van der Waals surface area contributed by atoms with Crippen molar-refractivity contribution in [2.24, 2.45) is 5.92 Å². The topological polar surface area (TPSA) is 128 Å². The summed E-state index contributed by atoms with van der Waals surface area (Å²) in [5, 5.41) is 15.8. The maximum Gasteiger partial charge on any atom is 0.251 e. The highest BCUT2D eigenvalue weighted by Gasteiger charge is 2.32. The lowest BCUT2D eigenvalue weighted by molar-refractivity contribution is -0.155. The third-order valence-electron chi connectivity index (χ3n) is 6.33. The summed E-state index contributed by atoms with van der Waals surface area (Å²) in [5.41, 5.74) is 1.03. The standard InChI is InChI=1S/C26H38N4O6/c1-5-6-7-20(16-30(35)17-31)25(33)28-23(18(2)3)26(34)29-14-12-21(13-15-29)27-24(32)19-8-10-22(36-4)11-9-19/h8-11,17,20-21,23,35H,2,5-7,12-16H2,1,3-4H3,(H,27,32)(H,28,33)/t20-,23+/m1/s1. The molecule has 1 aliphatic heterocycles. The smallest absolute Gasteiger partial charge is 0.251 e. The first-order valence-electron chi connectivity index (χ1n) is 12.3. The largest absolute Gasteiger partial charge is 0.497 e. The van der Waals surface area contributed by atoms with E-state index >= 15 is 0 Å². The zero-order valence-electron chi connectivity index (χ0n) is 21.4. The Labute approximate surface area is 212 Å². The molecule has 1 aromatic rings. The Morgan fingerprint density at radius 1 is 1.25 bits per heavy atom. The van der Waals surface area contributed by atoms with Gasteiger partial charge >= 0.3 is 0 Å². The number of nitrogens with one attached hydrogen (secondary N) is 2. The van der Waals surface area contributed by atoms with Crippen molar-refractivity contribution in [2.45, 2.75) is 58.0 Å². The van der Waals surface area contributed by atoms with E-state index in [1.54, 1.807) is 43.2 Å². The summed E-state index contributed by atoms with van der Waals surface area (Å²) in [5.74, 6) is -0.824. The van der Waals surface area contributed by atoms with Crippen LogP contribution >= 0.6 is 0 Å². The molecule has 1 saturated heterocycles. The highest BCUT2D eigenvalue weighted by Crippen LogP contribution is 2.17. The number of benzene rings is 1. The molecular formula is C26H38N4O6. The minimum Gasteiger partial charge on any atom is -0.497 e. The maximum atomic E-state index is 13.2. The van der Waals surface area contributed by atoms with E-state index < -0.39 is 17.9 Å². The van der Waals surface area contributed by atoms with E-state index in [0.717, 1.165) is 12.8 Å². The van der Waals surface area contributed by atoms with Crippen LogP contribution in [0.1, 0.15) is 56.3 Å². The van der Waals surface area contributed by atoms with Crippen LogP contribution in [0.2, 0.25) is 0 Å². The molecular weight excluding hydrogens is 464 g/mol. The molecule has 2 rings (SSSR count). The molecule has 0 radical (unpaired) electrons. The number of nitrogens with zero attached hydrogens (tertiary/aromatic N) is 2. The number of methoxy groups -OCH3 is 1. The van der Waals surface area contributed by atoms with E-state index in [9.17, 15) is 24.4 Å². The molecule has 0 unspecified atom stereocenters. The van der Waals surface area contributed by atoms with Crippen LogP contribution in [0.5, 0.6) is 5.75 Å². The van der Waals surface area contributed by atoms with E-state index in [-0.39, 0.29) is 30.8 Å². The van der Waals surface area contributed by atoms with Gasteiger partial charge < -0.3 is 20.3 Å². The Balaban J connectivity index is 1.94. The van der Waals surface area contributed by atoms with Crippen LogP contribution in [0.4, 0.5) is 0 Å². The van der Waals surface area contributed by atoms with Gasteiger partial charge in [0.2, 0.25) is 18.2 Å². The molecule has 0 bridgehead atoms. The molecule has 10 heteroatoms. The number of carbonyl (C=O) groups is 4. The van der Waals surface area contributed by atoms with E-state index in [0.29, 0.717) is 54.3 Å². The van der Waals surface area contributed by atoms with Gasteiger partial charge in [-0.3, -0.25) is 24.4 Å². The summed E-state index contributed by atoms with van der Waals surface area (Å²) in [4.78, 5) is 51.2. The third kappa shape index (κ3) is 8.37. The Bertz CT molecular complexity index is 912. The summed E-state index contributed by atoms with van der Waals surface area (Å²) in [6.45, 7) is 8.25. The molecule has 10 nitrogen and oxygen atoms in total. The predicted octanol–water partition coefficient (Wildman–Crippen LogP) is 2.13. The Morgan fingerprint density at radius 2 is 1.89 bits per heavy atom. The van der Waals surface area contributed by atoms with Gasteiger partial charge in [-0.05, 0) is 56.0 Å². The first-order valence-corrected chi connectivity index (χ1v) is 12.3. The lowest BCUT2D eigenvalue weighted by Gasteiger charge is -2.35. The summed E-state index contributed by atoms with van der Waals surface area (Å²) in [6.07, 6.45) is 3.50. The molecule has 2 atom stereocenters. The molecule has 0 aliphatic carbocycles. The van der Waals surface area contributed by atoms with Crippen LogP contribution in [-0.4, -0.2) is 78.1 Å². The quantitative estimate of drug-likeness (QED) is 0.164. The van der Waals surface area contributed by atoms with Gasteiger partial charge in [-0.25, -0.2) is 5.06 Å². The van der Waals surface area contributed by atoms with Gasteiger partial charge in [0, 0.05) is 24.7 Å². The molecule has 0 spiro atoms. The molecule has 1 heterocycles. The first kappa shape index (κ1) is 28.8. The van der Waals surface area contributed by atoms with Crippen molar-refractivity contribution in [3.8, 4) is 5.75 Å². The van der Waals surface area contributed by atoms with Crippen molar-refractivity contribution in [2.75, 3.05) is 26.7 Å². The number of piperidine rings is 1. The second kappa shape index (κ2) is 14.2. The van der Waals surface area contributed by atoms with E-state index in [4.69, 9.17) is 4.74 Å². The fraction of sp³-hybridized carbons (Fsp3) is 0.538. The second-order valence-corrected chi connectivity index (χ2v) is 9.16. The zero-order valence-corrected chi connectivity index (χ0v) is 21.4. The lowest BCUT2D eigenvalue weighted by atomic mass is 9.98. The number of unbranched alkanes of at least 4 members (excludes halogenated alkanes) is 1. The minimum atomic E-state index is -0.907. The summed E-state index contributed by atoms with van der Waals surface area (Å²) in [6, 6.07) is 5.88. The molecule has 4 amide bonds. The molecule has 36 heavy (non-hydrogen) atoms. The molecule has 1 aromatic carbocycles. The molecule has 1 fully saturated rings. The summed E-state index contributed by atoms with van der Waals surface area (Å²) in [7, 11) is 1.56. The van der Waals surface area contributed by atoms with E-state index in [1.165, 1.54) is 0 Å². The van der Waals surface area contributed by atoms with Crippen LogP contribution in [0.3, 0.4) is 0 Å². The van der Waals surface area contributed by atoms with Gasteiger partial charge in [-0.15, -0.1) is 0 Å². The number of carbonyl (C=O) groups excluding carboxylic acids is 4. The molecule has 1 aliphatic rings. The van der Waals surface area contributed by atoms with Crippen LogP contribution in [0, 0.1) is 5.92 Å². The predicted molar refractivity (Wildman–Crippen MR) is 134 cm³/mol. The van der Waals surface area contributed by atoms with Crippen molar-refractivity contribution in [3.63, 3.8) is 0 Å². The summed E-state index contributed by atoms with van der Waals surface area (Å²) < 4.78 is 5.12. The summed E-state index contributed by atoms with van der Waals surface area (Å²) >= 11 is 0.